The topological polar surface area (TPSA) is 162 Å². The third-order valence-corrected chi connectivity index (χ3v) is 11.8. The molecule has 14 heteroatoms. The lowest BCUT2D eigenvalue weighted by molar-refractivity contribution is -0.199. The summed E-state index contributed by atoms with van der Waals surface area (Å²) in [4.78, 5) is 53.5. The Morgan fingerprint density at radius 3 is 2.12 bits per heavy atom. The number of carbonyl (C=O) groups is 4. The second-order valence-electron chi connectivity index (χ2n) is 19.8. The van der Waals surface area contributed by atoms with Crippen molar-refractivity contribution in [2.75, 3.05) is 25.1 Å². The lowest BCUT2D eigenvalue weighted by atomic mass is 9.43. The van der Waals surface area contributed by atoms with Crippen LogP contribution in [0.2, 0.25) is 0 Å². The highest BCUT2D eigenvalue weighted by Gasteiger charge is 2.68. The first kappa shape index (κ1) is 44.8. The SMILES string of the molecule is COc1c(C(=O)O)ccc(C(C)(C)C)c1C[C@H](NC(=O)Cc1ccc(N(CCNC(=O)OC(C)(C)C)C(=O)OC(C)(C)C)cc1)B1OC2CC3CC(C3(C)C)C2(C)O1. The predicted octanol–water partition coefficient (Wildman–Crippen LogP) is 7.49. The van der Waals surface area contributed by atoms with Crippen molar-refractivity contribution >= 4 is 36.9 Å². The molecule has 318 valence electrons. The number of rotatable bonds is 12. The number of nitrogens with one attached hydrogen (secondary N) is 2. The molecular weight excluding hydrogens is 741 g/mol. The van der Waals surface area contributed by atoms with Gasteiger partial charge in [0, 0.05) is 24.3 Å². The first-order valence-corrected chi connectivity index (χ1v) is 20.4. The highest BCUT2D eigenvalue weighted by molar-refractivity contribution is 6.48. The Labute approximate surface area is 344 Å². The molecule has 1 aliphatic heterocycles. The zero-order chi connectivity index (χ0) is 43.2. The first-order valence-electron chi connectivity index (χ1n) is 20.4. The summed E-state index contributed by atoms with van der Waals surface area (Å²) in [6, 6.07) is 10.4. The fourth-order valence-electron chi connectivity index (χ4n) is 8.90. The van der Waals surface area contributed by atoms with Crippen molar-refractivity contribution in [3.05, 3.63) is 58.7 Å². The van der Waals surface area contributed by atoms with E-state index in [1.54, 1.807) is 71.9 Å². The summed E-state index contributed by atoms with van der Waals surface area (Å²) >= 11 is 0. The molecule has 2 aromatic carbocycles. The molecule has 2 aromatic rings. The number of hydrogen-bond donors (Lipinski definition) is 3. The second kappa shape index (κ2) is 16.4. The van der Waals surface area contributed by atoms with Gasteiger partial charge in [-0.3, -0.25) is 9.69 Å². The Morgan fingerprint density at radius 2 is 1.57 bits per heavy atom. The molecule has 5 atom stereocenters. The zero-order valence-electron chi connectivity index (χ0n) is 36.7. The molecule has 3 amide bonds. The van der Waals surface area contributed by atoms with Crippen LogP contribution in [-0.4, -0.2) is 85.3 Å². The van der Waals surface area contributed by atoms with Gasteiger partial charge in [0.05, 0.1) is 31.2 Å². The summed E-state index contributed by atoms with van der Waals surface area (Å²) in [5.74, 6) is -1.01. The Bertz CT molecular complexity index is 1860. The summed E-state index contributed by atoms with van der Waals surface area (Å²) in [6.07, 6.45) is 0.824. The number of hydrogen-bond acceptors (Lipinski definition) is 9. The Morgan fingerprint density at radius 1 is 0.931 bits per heavy atom. The summed E-state index contributed by atoms with van der Waals surface area (Å²) in [5.41, 5.74) is 0.578. The van der Waals surface area contributed by atoms with Gasteiger partial charge < -0.3 is 39.3 Å². The number of aromatic carboxylic acids is 1. The van der Waals surface area contributed by atoms with Gasteiger partial charge in [0.25, 0.3) is 0 Å². The van der Waals surface area contributed by atoms with Crippen molar-refractivity contribution in [3.63, 3.8) is 0 Å². The molecule has 1 saturated heterocycles. The van der Waals surface area contributed by atoms with Gasteiger partial charge >= 0.3 is 25.3 Å². The number of alkyl carbamates (subject to hydrolysis) is 1. The van der Waals surface area contributed by atoms with Crippen LogP contribution in [0.25, 0.3) is 0 Å². The molecule has 3 N–H and O–H groups in total. The number of carboxylic acids is 1. The molecule has 13 nitrogen and oxygen atoms in total. The molecule has 4 aliphatic rings. The number of nitrogens with zero attached hydrogens (tertiary/aromatic N) is 1. The minimum absolute atomic E-state index is 0.00694. The summed E-state index contributed by atoms with van der Waals surface area (Å²) in [5, 5.41) is 16.0. The fraction of sp³-hybridized carbons (Fsp3) is 0.636. The maximum atomic E-state index is 14.1. The van der Waals surface area contributed by atoms with Crippen LogP contribution >= 0.6 is 0 Å². The van der Waals surface area contributed by atoms with Crippen LogP contribution in [0.4, 0.5) is 15.3 Å². The summed E-state index contributed by atoms with van der Waals surface area (Å²) < 4.78 is 30.4. The average Bonchev–Trinajstić information content (AvgIpc) is 3.45. The van der Waals surface area contributed by atoms with Gasteiger partial charge in [-0.25, -0.2) is 14.4 Å². The van der Waals surface area contributed by atoms with E-state index in [0.29, 0.717) is 28.7 Å². The zero-order valence-corrected chi connectivity index (χ0v) is 36.7. The molecule has 4 fully saturated rings. The van der Waals surface area contributed by atoms with Crippen molar-refractivity contribution in [2.45, 2.75) is 143 Å². The van der Waals surface area contributed by atoms with E-state index in [4.69, 9.17) is 23.5 Å². The monoisotopic (exact) mass is 805 g/mol. The van der Waals surface area contributed by atoms with E-state index in [2.05, 4.69) is 52.2 Å². The molecule has 3 saturated carbocycles. The van der Waals surface area contributed by atoms with E-state index in [9.17, 15) is 24.3 Å². The van der Waals surface area contributed by atoms with Gasteiger partial charge in [-0.2, -0.15) is 0 Å². The van der Waals surface area contributed by atoms with Crippen LogP contribution in [0, 0.1) is 17.3 Å². The predicted molar refractivity (Wildman–Crippen MR) is 222 cm³/mol. The molecular formula is C44H64BN3O10. The van der Waals surface area contributed by atoms with Crippen LogP contribution in [0.5, 0.6) is 5.75 Å². The molecule has 0 spiro atoms. The number of amides is 3. The quantitative estimate of drug-likeness (QED) is 0.183. The lowest BCUT2D eigenvalue weighted by Gasteiger charge is -2.64. The van der Waals surface area contributed by atoms with Crippen LogP contribution in [-0.2, 0) is 41.8 Å². The smallest absolute Gasteiger partial charge is 0.482 e. The molecule has 1 heterocycles. The maximum absolute atomic E-state index is 14.1. The van der Waals surface area contributed by atoms with Crippen LogP contribution in [0.15, 0.2) is 36.4 Å². The minimum Gasteiger partial charge on any atom is -0.496 e. The molecule has 2 bridgehead atoms. The van der Waals surface area contributed by atoms with Crippen molar-refractivity contribution in [1.29, 1.82) is 0 Å². The van der Waals surface area contributed by atoms with E-state index < -0.39 is 48.0 Å². The van der Waals surface area contributed by atoms with Crippen molar-refractivity contribution in [1.82, 2.24) is 10.6 Å². The molecule has 0 radical (unpaired) electrons. The molecule has 0 aromatic heterocycles. The molecule has 4 unspecified atom stereocenters. The highest BCUT2D eigenvalue weighted by Crippen LogP contribution is 2.65. The van der Waals surface area contributed by atoms with E-state index in [1.807, 2.05) is 6.07 Å². The normalized spacial score (nSPS) is 22.8. The number of methoxy groups -OCH3 is 1. The molecule has 58 heavy (non-hydrogen) atoms. The van der Waals surface area contributed by atoms with Gasteiger partial charge in [0.15, 0.2) is 0 Å². The number of anilines is 1. The standard InChI is InChI=1S/C44H64BN3O10/c1-40(2,3)31-19-18-29(37(50)51)36(54-13)30(31)25-34(45-57-33-24-27-23-32(43(27,10)11)44(33,12)58-45)47-35(49)22-26-14-16-28(17-15-26)48(39(53)56-42(7,8)9)21-20-46-38(52)55-41(4,5)6/h14-19,27,32-34H,20-25H2,1-13H3,(H,46,52)(H,47,49)(H,50,51)/t27?,32?,33?,34-,44?/m0/s1. The minimum atomic E-state index is -1.11. The van der Waals surface area contributed by atoms with Crippen LogP contribution in [0.1, 0.15) is 123 Å². The highest BCUT2D eigenvalue weighted by atomic mass is 16.7. The first-order chi connectivity index (χ1) is 26.7. The van der Waals surface area contributed by atoms with Crippen LogP contribution in [0.3, 0.4) is 0 Å². The number of benzene rings is 2. The van der Waals surface area contributed by atoms with Gasteiger partial charge in [0.1, 0.15) is 22.5 Å². The van der Waals surface area contributed by atoms with Gasteiger partial charge in [-0.1, -0.05) is 52.8 Å². The van der Waals surface area contributed by atoms with Gasteiger partial charge in [-0.05, 0) is 120 Å². The van der Waals surface area contributed by atoms with E-state index >= 15 is 0 Å². The Hall–Kier alpha value is -4.30. The number of carboxylic acid groups (broad SMARTS) is 1. The maximum Gasteiger partial charge on any atom is 0.482 e. The molecule has 3 aliphatic carbocycles. The summed E-state index contributed by atoms with van der Waals surface area (Å²) in [6.45, 7) is 23.7. The third kappa shape index (κ3) is 9.93. The van der Waals surface area contributed by atoms with Gasteiger partial charge in [0.2, 0.25) is 5.91 Å². The Balaban J connectivity index is 1.39. The Kier molecular flexibility index (Phi) is 12.7. The number of carbonyl (C=O) groups excluding carboxylic acids is 3. The summed E-state index contributed by atoms with van der Waals surface area (Å²) in [7, 11) is 0.670. The van der Waals surface area contributed by atoms with Crippen molar-refractivity contribution in [3.8, 4) is 5.75 Å². The third-order valence-electron chi connectivity index (χ3n) is 11.8. The van der Waals surface area contributed by atoms with E-state index in [1.165, 1.54) is 12.0 Å². The lowest BCUT2D eigenvalue weighted by Crippen LogP contribution is -2.65. The number of ether oxygens (including phenoxy) is 3. The van der Waals surface area contributed by atoms with Crippen molar-refractivity contribution < 1.29 is 47.8 Å². The largest absolute Gasteiger partial charge is 0.496 e. The van der Waals surface area contributed by atoms with Crippen molar-refractivity contribution in [2.24, 2.45) is 17.3 Å². The molecule has 6 rings (SSSR count). The van der Waals surface area contributed by atoms with E-state index in [-0.39, 0.29) is 60.1 Å². The average molecular weight is 806 g/mol. The van der Waals surface area contributed by atoms with Crippen LogP contribution < -0.4 is 20.3 Å². The fourth-order valence-corrected chi connectivity index (χ4v) is 8.90. The van der Waals surface area contributed by atoms with E-state index in [0.717, 1.165) is 18.4 Å². The van der Waals surface area contributed by atoms with Gasteiger partial charge in [-0.15, -0.1) is 0 Å². The second-order valence-corrected chi connectivity index (χ2v) is 19.8.